The molecular formula is C16H13N5O2. The van der Waals surface area contributed by atoms with Crippen LogP contribution in [0.4, 0.5) is 11.5 Å². The minimum absolute atomic E-state index is 0.0286. The van der Waals surface area contributed by atoms with Crippen LogP contribution in [0.3, 0.4) is 0 Å². The van der Waals surface area contributed by atoms with Crippen LogP contribution in [0.5, 0.6) is 0 Å². The molecule has 7 heteroatoms. The molecule has 0 bridgehead atoms. The molecule has 1 N–H and O–H groups in total. The van der Waals surface area contributed by atoms with Crippen LogP contribution < -0.4 is 5.32 Å². The maximum atomic E-state index is 10.8. The van der Waals surface area contributed by atoms with Gasteiger partial charge in [0.15, 0.2) is 11.5 Å². The van der Waals surface area contributed by atoms with Crippen LogP contribution in [0.15, 0.2) is 83.3 Å². The number of hydrogen-bond donors (Lipinski definition) is 1. The van der Waals surface area contributed by atoms with Gasteiger partial charge in [0.1, 0.15) is 0 Å². The predicted molar refractivity (Wildman–Crippen MR) is 84.9 cm³/mol. The van der Waals surface area contributed by atoms with Crippen molar-refractivity contribution in [3.05, 3.63) is 88.8 Å². The standard InChI is InChI=1S/C16H13N5O2/c22-21(23)14-8-6-13(7-9-14)16(10-2-4-12-18-16)20-19-15-5-1-3-11-17-15/h1-12,18H. The molecule has 0 saturated heterocycles. The number of aromatic nitrogens is 1. The summed E-state index contributed by atoms with van der Waals surface area (Å²) in [6.45, 7) is 0. The topological polar surface area (TPSA) is 92.8 Å². The Bertz CT molecular complexity index is 784. The zero-order valence-electron chi connectivity index (χ0n) is 12.0. The fourth-order valence-corrected chi connectivity index (χ4v) is 2.15. The van der Waals surface area contributed by atoms with E-state index in [1.54, 1.807) is 36.7 Å². The number of non-ortho nitro benzene ring substituents is 1. The molecule has 2 heterocycles. The van der Waals surface area contributed by atoms with Gasteiger partial charge in [0.2, 0.25) is 0 Å². The van der Waals surface area contributed by atoms with Gasteiger partial charge in [-0.2, -0.15) is 0 Å². The van der Waals surface area contributed by atoms with Gasteiger partial charge >= 0.3 is 0 Å². The van der Waals surface area contributed by atoms with E-state index >= 15 is 0 Å². The van der Waals surface area contributed by atoms with Crippen molar-refractivity contribution in [1.29, 1.82) is 0 Å². The largest absolute Gasteiger partial charge is 0.359 e. The summed E-state index contributed by atoms with van der Waals surface area (Å²) in [7, 11) is 0. The third kappa shape index (κ3) is 3.13. The number of nitrogens with one attached hydrogen (secondary N) is 1. The smallest absolute Gasteiger partial charge is 0.269 e. The summed E-state index contributed by atoms with van der Waals surface area (Å²) in [5.74, 6) is 0.485. The highest BCUT2D eigenvalue weighted by Gasteiger charge is 2.29. The van der Waals surface area contributed by atoms with E-state index in [-0.39, 0.29) is 5.69 Å². The highest BCUT2D eigenvalue weighted by Crippen LogP contribution is 2.29. The first kappa shape index (κ1) is 14.6. The summed E-state index contributed by atoms with van der Waals surface area (Å²) < 4.78 is 0. The van der Waals surface area contributed by atoms with Crippen LogP contribution in [-0.2, 0) is 5.66 Å². The molecule has 0 spiro atoms. The molecule has 0 saturated carbocycles. The number of nitrogens with zero attached hydrogens (tertiary/aromatic N) is 4. The van der Waals surface area contributed by atoms with Crippen LogP contribution >= 0.6 is 0 Å². The Morgan fingerprint density at radius 2 is 1.96 bits per heavy atom. The van der Waals surface area contributed by atoms with Crippen molar-refractivity contribution >= 4 is 11.5 Å². The van der Waals surface area contributed by atoms with Crippen LogP contribution in [0.25, 0.3) is 0 Å². The fourth-order valence-electron chi connectivity index (χ4n) is 2.15. The molecule has 0 radical (unpaired) electrons. The highest BCUT2D eigenvalue weighted by atomic mass is 16.6. The first-order valence-corrected chi connectivity index (χ1v) is 6.91. The first-order valence-electron chi connectivity index (χ1n) is 6.91. The van der Waals surface area contributed by atoms with E-state index in [9.17, 15) is 10.1 Å². The molecule has 1 aliphatic rings. The molecule has 7 nitrogen and oxygen atoms in total. The molecule has 23 heavy (non-hydrogen) atoms. The Morgan fingerprint density at radius 1 is 1.13 bits per heavy atom. The molecule has 1 aromatic carbocycles. The van der Waals surface area contributed by atoms with Crippen LogP contribution in [0, 0.1) is 10.1 Å². The Balaban J connectivity index is 1.97. The number of allylic oxidation sites excluding steroid dienone is 2. The Kier molecular flexibility index (Phi) is 3.92. The lowest BCUT2D eigenvalue weighted by Crippen LogP contribution is -2.36. The second kappa shape index (κ2) is 6.18. The van der Waals surface area contributed by atoms with Gasteiger partial charge in [0.05, 0.1) is 4.92 Å². The minimum Gasteiger partial charge on any atom is -0.359 e. The fraction of sp³-hybridized carbons (Fsp3) is 0.0625. The molecule has 0 amide bonds. The van der Waals surface area contributed by atoms with Gasteiger partial charge < -0.3 is 5.32 Å². The summed E-state index contributed by atoms with van der Waals surface area (Å²) in [5.41, 5.74) is -0.147. The SMILES string of the molecule is O=[N+]([O-])c1ccc(C2(N=Nc3ccccn3)C=CC=CN2)cc1. The van der Waals surface area contributed by atoms with Crippen LogP contribution in [0.1, 0.15) is 5.56 Å². The van der Waals surface area contributed by atoms with E-state index in [1.807, 2.05) is 24.3 Å². The Labute approximate surface area is 132 Å². The Morgan fingerprint density at radius 3 is 2.57 bits per heavy atom. The molecule has 3 rings (SSSR count). The molecule has 0 aliphatic carbocycles. The third-order valence-corrected chi connectivity index (χ3v) is 3.33. The monoisotopic (exact) mass is 307 g/mol. The summed E-state index contributed by atoms with van der Waals surface area (Å²) >= 11 is 0. The number of azo groups is 1. The van der Waals surface area contributed by atoms with Crippen molar-refractivity contribution < 1.29 is 4.92 Å². The molecule has 114 valence electrons. The summed E-state index contributed by atoms with van der Waals surface area (Å²) in [6, 6.07) is 11.6. The van der Waals surface area contributed by atoms with Gasteiger partial charge in [0.25, 0.3) is 5.69 Å². The van der Waals surface area contributed by atoms with E-state index in [0.29, 0.717) is 5.82 Å². The minimum atomic E-state index is -0.915. The molecule has 1 aliphatic heterocycles. The Hall–Kier alpha value is -3.35. The number of benzene rings is 1. The van der Waals surface area contributed by atoms with Crippen molar-refractivity contribution in [2.45, 2.75) is 5.66 Å². The predicted octanol–water partition coefficient (Wildman–Crippen LogP) is 3.60. The van der Waals surface area contributed by atoms with E-state index < -0.39 is 10.6 Å². The molecule has 2 aromatic rings. The van der Waals surface area contributed by atoms with Crippen molar-refractivity contribution in [2.24, 2.45) is 10.2 Å². The molecule has 1 atom stereocenters. The number of pyridine rings is 1. The normalized spacial score (nSPS) is 19.7. The van der Waals surface area contributed by atoms with Gasteiger partial charge in [-0.15, -0.1) is 10.2 Å². The van der Waals surface area contributed by atoms with Gasteiger partial charge in [0, 0.05) is 23.9 Å². The first-order chi connectivity index (χ1) is 11.2. The van der Waals surface area contributed by atoms with Gasteiger partial charge in [-0.3, -0.25) is 10.1 Å². The maximum absolute atomic E-state index is 10.8. The molecule has 1 aromatic heterocycles. The molecular weight excluding hydrogens is 294 g/mol. The number of dihydropyridines is 1. The lowest BCUT2D eigenvalue weighted by atomic mass is 9.98. The van der Waals surface area contributed by atoms with Gasteiger partial charge in [-0.25, -0.2) is 4.98 Å². The number of nitro groups is 1. The highest BCUT2D eigenvalue weighted by molar-refractivity contribution is 5.40. The van der Waals surface area contributed by atoms with E-state index in [2.05, 4.69) is 20.5 Å². The zero-order valence-corrected chi connectivity index (χ0v) is 12.0. The lowest BCUT2D eigenvalue weighted by molar-refractivity contribution is -0.384. The third-order valence-electron chi connectivity index (χ3n) is 3.33. The van der Waals surface area contributed by atoms with Crippen molar-refractivity contribution in [1.82, 2.24) is 10.3 Å². The summed E-state index contributed by atoms with van der Waals surface area (Å²) in [6.07, 6.45) is 8.89. The van der Waals surface area contributed by atoms with Crippen molar-refractivity contribution in [2.75, 3.05) is 0 Å². The zero-order chi connectivity index (χ0) is 16.1. The van der Waals surface area contributed by atoms with Gasteiger partial charge in [-0.1, -0.05) is 12.1 Å². The molecule has 1 unspecified atom stereocenters. The van der Waals surface area contributed by atoms with Crippen molar-refractivity contribution in [3.8, 4) is 0 Å². The lowest BCUT2D eigenvalue weighted by Gasteiger charge is -2.27. The van der Waals surface area contributed by atoms with Crippen LogP contribution in [0.2, 0.25) is 0 Å². The maximum Gasteiger partial charge on any atom is 0.269 e. The average Bonchev–Trinajstić information content (AvgIpc) is 2.62. The quantitative estimate of drug-likeness (QED) is 0.530. The van der Waals surface area contributed by atoms with Crippen molar-refractivity contribution in [3.63, 3.8) is 0 Å². The molecule has 0 fully saturated rings. The van der Waals surface area contributed by atoms with E-state index in [4.69, 9.17) is 0 Å². The second-order valence-electron chi connectivity index (χ2n) is 4.82. The summed E-state index contributed by atoms with van der Waals surface area (Å²) in [5, 5.41) is 22.5. The second-order valence-corrected chi connectivity index (χ2v) is 4.82. The summed E-state index contributed by atoms with van der Waals surface area (Å²) in [4.78, 5) is 14.5. The van der Waals surface area contributed by atoms with E-state index in [0.717, 1.165) is 5.56 Å². The van der Waals surface area contributed by atoms with Gasteiger partial charge in [-0.05, 0) is 42.6 Å². The number of hydrogen-bond acceptors (Lipinski definition) is 6. The van der Waals surface area contributed by atoms with E-state index in [1.165, 1.54) is 12.1 Å². The average molecular weight is 307 g/mol. The van der Waals surface area contributed by atoms with Crippen LogP contribution in [-0.4, -0.2) is 9.91 Å². The number of rotatable bonds is 4. The number of nitro benzene ring substituents is 1.